The summed E-state index contributed by atoms with van der Waals surface area (Å²) in [5.41, 5.74) is 0.536. The van der Waals surface area contributed by atoms with Crippen LogP contribution in [-0.2, 0) is 16.0 Å². The standard InChI is InChI=1S/C18H23N3O3S/c1-12-13-6-11-25-14(13)4-9-20(12)15(22)5-10-21-16(23)18(19-17(21)24)7-2-3-8-18/h6,11-12H,2-5,7-10H2,1H3,(H,19,24)/t12-/m0/s1. The predicted molar refractivity (Wildman–Crippen MR) is 94.2 cm³/mol. The van der Waals surface area contributed by atoms with Crippen LogP contribution >= 0.6 is 11.3 Å². The Labute approximate surface area is 151 Å². The lowest BCUT2D eigenvalue weighted by atomic mass is 9.98. The summed E-state index contributed by atoms with van der Waals surface area (Å²) in [4.78, 5) is 42.0. The average molecular weight is 361 g/mol. The number of carbonyl (C=O) groups is 3. The highest BCUT2D eigenvalue weighted by Gasteiger charge is 2.52. The van der Waals surface area contributed by atoms with Crippen molar-refractivity contribution < 1.29 is 14.4 Å². The van der Waals surface area contributed by atoms with Crippen LogP contribution in [0.15, 0.2) is 11.4 Å². The van der Waals surface area contributed by atoms with Crippen LogP contribution in [0.1, 0.15) is 55.5 Å². The van der Waals surface area contributed by atoms with Crippen molar-refractivity contribution in [2.45, 2.75) is 57.0 Å². The maximum atomic E-state index is 12.7. The molecule has 4 rings (SSSR count). The molecule has 1 N–H and O–H groups in total. The molecule has 3 aliphatic rings. The second kappa shape index (κ2) is 6.12. The van der Waals surface area contributed by atoms with E-state index in [-0.39, 0.29) is 36.9 Å². The highest BCUT2D eigenvalue weighted by atomic mass is 32.1. The molecule has 6 nitrogen and oxygen atoms in total. The van der Waals surface area contributed by atoms with Crippen LogP contribution in [0, 0.1) is 0 Å². The minimum atomic E-state index is -0.690. The van der Waals surface area contributed by atoms with Gasteiger partial charge in [0, 0.05) is 24.4 Å². The van der Waals surface area contributed by atoms with Crippen molar-refractivity contribution in [3.05, 3.63) is 21.9 Å². The molecule has 1 aromatic rings. The van der Waals surface area contributed by atoms with Gasteiger partial charge in [0.05, 0.1) is 6.04 Å². The van der Waals surface area contributed by atoms with E-state index in [2.05, 4.69) is 16.8 Å². The molecule has 25 heavy (non-hydrogen) atoms. The molecule has 1 atom stereocenters. The monoisotopic (exact) mass is 361 g/mol. The van der Waals surface area contributed by atoms with Gasteiger partial charge in [0.15, 0.2) is 0 Å². The van der Waals surface area contributed by atoms with Crippen molar-refractivity contribution in [3.8, 4) is 0 Å². The number of hydrogen-bond donors (Lipinski definition) is 1. The van der Waals surface area contributed by atoms with Crippen molar-refractivity contribution in [2.75, 3.05) is 13.1 Å². The number of carbonyl (C=O) groups excluding carboxylic acids is 3. The Morgan fingerprint density at radius 2 is 2.12 bits per heavy atom. The molecule has 2 aliphatic heterocycles. The SMILES string of the molecule is C[C@H]1c2ccsc2CCN1C(=O)CCN1C(=O)NC2(CCCC2)C1=O. The molecular weight excluding hydrogens is 338 g/mol. The molecule has 1 saturated carbocycles. The Morgan fingerprint density at radius 3 is 2.88 bits per heavy atom. The van der Waals surface area contributed by atoms with E-state index < -0.39 is 5.54 Å². The van der Waals surface area contributed by atoms with Crippen LogP contribution in [0.3, 0.4) is 0 Å². The molecule has 2 fully saturated rings. The lowest BCUT2D eigenvalue weighted by Crippen LogP contribution is -2.44. The maximum Gasteiger partial charge on any atom is 0.325 e. The quantitative estimate of drug-likeness (QED) is 0.841. The minimum Gasteiger partial charge on any atom is -0.335 e. The predicted octanol–water partition coefficient (Wildman–Crippen LogP) is 2.45. The number of rotatable bonds is 3. The molecule has 4 amide bonds. The summed E-state index contributed by atoms with van der Waals surface area (Å²) < 4.78 is 0. The molecule has 1 aromatic heterocycles. The Bertz CT molecular complexity index is 723. The van der Waals surface area contributed by atoms with Crippen molar-refractivity contribution >= 4 is 29.2 Å². The number of amides is 4. The summed E-state index contributed by atoms with van der Waals surface area (Å²) in [7, 11) is 0. The molecule has 0 radical (unpaired) electrons. The van der Waals surface area contributed by atoms with E-state index >= 15 is 0 Å². The first kappa shape index (κ1) is 16.6. The number of hydrogen-bond acceptors (Lipinski definition) is 4. The molecule has 7 heteroatoms. The van der Waals surface area contributed by atoms with E-state index in [1.54, 1.807) is 11.3 Å². The summed E-state index contributed by atoms with van der Waals surface area (Å²) in [6.07, 6.45) is 4.44. The fourth-order valence-electron chi connectivity index (χ4n) is 4.40. The molecule has 0 bridgehead atoms. The average Bonchev–Trinajstić information content (AvgIpc) is 3.29. The number of fused-ring (bicyclic) bond motifs is 1. The zero-order valence-electron chi connectivity index (χ0n) is 14.4. The lowest BCUT2D eigenvalue weighted by molar-refractivity contribution is -0.135. The van der Waals surface area contributed by atoms with Crippen LogP contribution in [0.2, 0.25) is 0 Å². The Hall–Kier alpha value is -1.89. The van der Waals surface area contributed by atoms with E-state index in [4.69, 9.17) is 0 Å². The topological polar surface area (TPSA) is 69.7 Å². The van der Waals surface area contributed by atoms with Crippen molar-refractivity contribution in [1.82, 2.24) is 15.1 Å². The fourth-order valence-corrected chi connectivity index (χ4v) is 5.36. The van der Waals surface area contributed by atoms with E-state index in [1.807, 2.05) is 11.8 Å². The first-order valence-electron chi connectivity index (χ1n) is 9.02. The van der Waals surface area contributed by atoms with Gasteiger partial charge in [-0.05, 0) is 43.2 Å². The van der Waals surface area contributed by atoms with Gasteiger partial charge in [0.25, 0.3) is 5.91 Å². The highest BCUT2D eigenvalue weighted by molar-refractivity contribution is 7.10. The van der Waals surface area contributed by atoms with Gasteiger partial charge < -0.3 is 10.2 Å². The van der Waals surface area contributed by atoms with Gasteiger partial charge in [0.2, 0.25) is 5.91 Å². The normalized spacial score (nSPS) is 24.8. The van der Waals surface area contributed by atoms with Crippen LogP contribution in [0.25, 0.3) is 0 Å². The zero-order valence-corrected chi connectivity index (χ0v) is 15.2. The second-order valence-electron chi connectivity index (χ2n) is 7.24. The summed E-state index contributed by atoms with van der Waals surface area (Å²) in [6.45, 7) is 2.92. The zero-order chi connectivity index (χ0) is 17.6. The van der Waals surface area contributed by atoms with E-state index in [0.717, 1.165) is 19.3 Å². The van der Waals surface area contributed by atoms with Crippen LogP contribution < -0.4 is 5.32 Å². The molecule has 1 aliphatic carbocycles. The highest BCUT2D eigenvalue weighted by Crippen LogP contribution is 2.36. The van der Waals surface area contributed by atoms with Crippen LogP contribution in [0.4, 0.5) is 4.79 Å². The van der Waals surface area contributed by atoms with E-state index in [0.29, 0.717) is 19.4 Å². The molecule has 1 saturated heterocycles. The van der Waals surface area contributed by atoms with E-state index in [9.17, 15) is 14.4 Å². The molecule has 0 aromatic carbocycles. The number of thiophene rings is 1. The Balaban J connectivity index is 1.39. The molecule has 0 unspecified atom stereocenters. The van der Waals surface area contributed by atoms with Gasteiger partial charge in [-0.25, -0.2) is 4.79 Å². The molecular formula is C18H23N3O3S. The van der Waals surface area contributed by atoms with Crippen molar-refractivity contribution in [2.24, 2.45) is 0 Å². The summed E-state index contributed by atoms with van der Waals surface area (Å²) in [5, 5.41) is 4.94. The minimum absolute atomic E-state index is 0.0114. The first-order chi connectivity index (χ1) is 12.0. The third kappa shape index (κ3) is 2.65. The first-order valence-corrected chi connectivity index (χ1v) is 9.90. The number of urea groups is 1. The third-order valence-electron chi connectivity index (χ3n) is 5.85. The number of nitrogens with one attached hydrogen (secondary N) is 1. The third-order valence-corrected chi connectivity index (χ3v) is 6.85. The Kier molecular flexibility index (Phi) is 4.06. The lowest BCUT2D eigenvalue weighted by Gasteiger charge is -2.34. The van der Waals surface area contributed by atoms with Crippen LogP contribution in [-0.4, -0.2) is 46.3 Å². The Morgan fingerprint density at radius 1 is 1.36 bits per heavy atom. The summed E-state index contributed by atoms with van der Waals surface area (Å²) in [6, 6.07) is 1.81. The van der Waals surface area contributed by atoms with Gasteiger partial charge >= 0.3 is 6.03 Å². The van der Waals surface area contributed by atoms with Crippen molar-refractivity contribution in [3.63, 3.8) is 0 Å². The number of imide groups is 1. The van der Waals surface area contributed by atoms with Gasteiger partial charge in [-0.15, -0.1) is 11.3 Å². The fraction of sp³-hybridized carbons (Fsp3) is 0.611. The molecule has 3 heterocycles. The smallest absolute Gasteiger partial charge is 0.325 e. The van der Waals surface area contributed by atoms with E-state index in [1.165, 1.54) is 15.3 Å². The molecule has 1 spiro atoms. The van der Waals surface area contributed by atoms with Gasteiger partial charge in [-0.2, -0.15) is 0 Å². The van der Waals surface area contributed by atoms with Gasteiger partial charge in [0.1, 0.15) is 5.54 Å². The second-order valence-corrected chi connectivity index (χ2v) is 8.24. The van der Waals surface area contributed by atoms with Crippen LogP contribution in [0.5, 0.6) is 0 Å². The molecule has 134 valence electrons. The van der Waals surface area contributed by atoms with Gasteiger partial charge in [-0.1, -0.05) is 12.8 Å². The van der Waals surface area contributed by atoms with Gasteiger partial charge in [-0.3, -0.25) is 14.5 Å². The van der Waals surface area contributed by atoms with Crippen molar-refractivity contribution in [1.29, 1.82) is 0 Å². The maximum absolute atomic E-state index is 12.7. The largest absolute Gasteiger partial charge is 0.335 e. The number of nitrogens with zero attached hydrogens (tertiary/aromatic N) is 2. The summed E-state index contributed by atoms with van der Waals surface area (Å²) >= 11 is 1.74. The summed E-state index contributed by atoms with van der Waals surface area (Å²) in [5.74, 6) is -0.132.